The van der Waals surface area contributed by atoms with Crippen LogP contribution in [0, 0.1) is 5.92 Å². The summed E-state index contributed by atoms with van der Waals surface area (Å²) in [6, 6.07) is 6.88. The molecule has 3 amide bonds. The molecular formula is C16H20ClN3O4S. The first-order chi connectivity index (χ1) is 11.5. The average Bonchev–Trinajstić information content (AvgIpc) is 3.13. The van der Waals surface area contributed by atoms with Crippen LogP contribution in [0.1, 0.15) is 15.9 Å². The van der Waals surface area contributed by atoms with Gasteiger partial charge < -0.3 is 15.7 Å². The molecule has 0 radical (unpaired) electrons. The minimum absolute atomic E-state index is 0. The van der Waals surface area contributed by atoms with Gasteiger partial charge in [0.05, 0.1) is 18.4 Å². The maximum atomic E-state index is 12.3. The molecule has 2 saturated heterocycles. The SMILES string of the molecule is Cl.O=C(NCC1CNCC1O)c1cccc(CN2C(=O)CSC2=O)c1. The Balaban J connectivity index is 0.00000225. The Labute approximate surface area is 155 Å². The highest BCUT2D eigenvalue weighted by atomic mass is 35.5. The normalized spacial score (nSPS) is 22.8. The lowest BCUT2D eigenvalue weighted by molar-refractivity contribution is -0.125. The van der Waals surface area contributed by atoms with Crippen molar-refractivity contribution in [2.45, 2.75) is 12.6 Å². The van der Waals surface area contributed by atoms with Gasteiger partial charge in [-0.3, -0.25) is 19.3 Å². The first-order valence-corrected chi connectivity index (χ1v) is 8.76. The summed E-state index contributed by atoms with van der Waals surface area (Å²) < 4.78 is 0. The molecule has 1 aromatic rings. The number of carbonyl (C=O) groups excluding carboxylic acids is 3. The molecule has 2 aliphatic rings. The Kier molecular flexibility index (Phi) is 6.83. The molecule has 0 aromatic heterocycles. The van der Waals surface area contributed by atoms with Crippen molar-refractivity contribution < 1.29 is 19.5 Å². The van der Waals surface area contributed by atoms with Crippen LogP contribution in [0.15, 0.2) is 24.3 Å². The summed E-state index contributed by atoms with van der Waals surface area (Å²) in [5.74, 6) is -0.252. The van der Waals surface area contributed by atoms with Crippen molar-refractivity contribution >= 4 is 41.2 Å². The number of amides is 3. The summed E-state index contributed by atoms with van der Waals surface area (Å²) in [6.07, 6.45) is -0.443. The topological polar surface area (TPSA) is 98.7 Å². The van der Waals surface area contributed by atoms with Crippen LogP contribution < -0.4 is 10.6 Å². The molecule has 0 saturated carbocycles. The van der Waals surface area contributed by atoms with Crippen molar-refractivity contribution in [3.63, 3.8) is 0 Å². The lowest BCUT2D eigenvalue weighted by Crippen LogP contribution is -2.34. The van der Waals surface area contributed by atoms with E-state index in [1.54, 1.807) is 24.3 Å². The Hall–Kier alpha value is -1.61. The number of carbonyl (C=O) groups is 3. The van der Waals surface area contributed by atoms with E-state index >= 15 is 0 Å². The van der Waals surface area contributed by atoms with Crippen molar-refractivity contribution in [1.82, 2.24) is 15.5 Å². The monoisotopic (exact) mass is 385 g/mol. The zero-order valence-corrected chi connectivity index (χ0v) is 15.1. The molecular weight excluding hydrogens is 366 g/mol. The Morgan fingerprint density at radius 3 is 2.80 bits per heavy atom. The summed E-state index contributed by atoms with van der Waals surface area (Å²) in [5, 5.41) is 15.4. The van der Waals surface area contributed by atoms with Gasteiger partial charge in [0.25, 0.3) is 11.1 Å². The fourth-order valence-electron chi connectivity index (χ4n) is 2.78. The minimum atomic E-state index is -0.443. The number of imide groups is 1. The number of β-amino-alcohol motifs (C(OH)–C–C–N with tert-alkyl or cyclic N) is 1. The number of aliphatic hydroxyl groups is 1. The molecule has 3 rings (SSSR count). The number of halogens is 1. The molecule has 3 N–H and O–H groups in total. The van der Waals surface area contributed by atoms with Crippen LogP contribution in [0.2, 0.25) is 0 Å². The smallest absolute Gasteiger partial charge is 0.289 e. The van der Waals surface area contributed by atoms with Crippen LogP contribution in [0.25, 0.3) is 0 Å². The standard InChI is InChI=1S/C16H19N3O4S.ClH/c20-13-7-17-5-12(13)6-18-15(22)11-3-1-2-10(4-11)8-19-14(21)9-24-16(19)23;/h1-4,12-13,17,20H,5-9H2,(H,18,22);1H. The van der Waals surface area contributed by atoms with E-state index in [1.807, 2.05) is 0 Å². The van der Waals surface area contributed by atoms with Crippen molar-refractivity contribution in [3.05, 3.63) is 35.4 Å². The molecule has 0 bridgehead atoms. The number of hydrogen-bond acceptors (Lipinski definition) is 6. The molecule has 2 heterocycles. The Morgan fingerprint density at radius 2 is 2.16 bits per heavy atom. The van der Waals surface area contributed by atoms with Gasteiger partial charge in [0.2, 0.25) is 5.91 Å². The second kappa shape index (κ2) is 8.66. The third kappa shape index (κ3) is 4.72. The number of thioether (sulfide) groups is 1. The van der Waals surface area contributed by atoms with Crippen LogP contribution in [-0.2, 0) is 11.3 Å². The molecule has 2 aliphatic heterocycles. The van der Waals surface area contributed by atoms with Gasteiger partial charge in [-0.2, -0.15) is 0 Å². The summed E-state index contributed by atoms with van der Waals surface area (Å²) >= 11 is 0.994. The first-order valence-electron chi connectivity index (χ1n) is 7.77. The van der Waals surface area contributed by atoms with Crippen LogP contribution >= 0.6 is 24.2 Å². The maximum absolute atomic E-state index is 12.3. The van der Waals surface area contributed by atoms with Crippen molar-refractivity contribution in [2.75, 3.05) is 25.4 Å². The van der Waals surface area contributed by atoms with E-state index in [4.69, 9.17) is 0 Å². The molecule has 9 heteroatoms. The Bertz CT molecular complexity index is 657. The highest BCUT2D eigenvalue weighted by Gasteiger charge is 2.30. The van der Waals surface area contributed by atoms with E-state index in [1.165, 1.54) is 4.90 Å². The van der Waals surface area contributed by atoms with Gasteiger partial charge in [0.15, 0.2) is 0 Å². The lowest BCUT2D eigenvalue weighted by Gasteiger charge is -2.15. The first kappa shape index (κ1) is 19.7. The zero-order chi connectivity index (χ0) is 17.1. The molecule has 0 aliphatic carbocycles. The van der Waals surface area contributed by atoms with Gasteiger partial charge in [-0.25, -0.2) is 0 Å². The van der Waals surface area contributed by atoms with E-state index in [-0.39, 0.29) is 47.7 Å². The lowest BCUT2D eigenvalue weighted by atomic mass is 10.1. The second-order valence-corrected chi connectivity index (χ2v) is 6.86. The summed E-state index contributed by atoms with van der Waals surface area (Å²) in [5.41, 5.74) is 1.20. The molecule has 1 aromatic carbocycles. The fraction of sp³-hybridized carbons (Fsp3) is 0.438. The molecule has 2 unspecified atom stereocenters. The predicted molar refractivity (Wildman–Crippen MR) is 96.8 cm³/mol. The van der Waals surface area contributed by atoms with E-state index in [2.05, 4.69) is 10.6 Å². The maximum Gasteiger partial charge on any atom is 0.289 e. The fourth-order valence-corrected chi connectivity index (χ4v) is 3.51. The van der Waals surface area contributed by atoms with E-state index in [0.717, 1.165) is 17.3 Å². The van der Waals surface area contributed by atoms with Gasteiger partial charge in [-0.1, -0.05) is 23.9 Å². The number of nitrogens with zero attached hydrogens (tertiary/aromatic N) is 1. The zero-order valence-electron chi connectivity index (χ0n) is 13.4. The van der Waals surface area contributed by atoms with Gasteiger partial charge in [0, 0.05) is 31.1 Å². The van der Waals surface area contributed by atoms with E-state index < -0.39 is 6.10 Å². The highest BCUT2D eigenvalue weighted by Crippen LogP contribution is 2.21. The minimum Gasteiger partial charge on any atom is -0.391 e. The van der Waals surface area contributed by atoms with Crippen LogP contribution in [0.3, 0.4) is 0 Å². The predicted octanol–water partition coefficient (Wildman–Crippen LogP) is 0.614. The largest absolute Gasteiger partial charge is 0.391 e. The van der Waals surface area contributed by atoms with Crippen molar-refractivity contribution in [3.8, 4) is 0 Å². The third-order valence-electron chi connectivity index (χ3n) is 4.20. The highest BCUT2D eigenvalue weighted by molar-refractivity contribution is 8.14. The molecule has 7 nitrogen and oxygen atoms in total. The van der Waals surface area contributed by atoms with E-state index in [9.17, 15) is 19.5 Å². The molecule has 25 heavy (non-hydrogen) atoms. The average molecular weight is 386 g/mol. The van der Waals surface area contributed by atoms with Gasteiger partial charge in [-0.05, 0) is 17.7 Å². The van der Waals surface area contributed by atoms with Gasteiger partial charge in [0.1, 0.15) is 0 Å². The number of benzene rings is 1. The van der Waals surface area contributed by atoms with Gasteiger partial charge in [-0.15, -0.1) is 12.4 Å². The van der Waals surface area contributed by atoms with Crippen molar-refractivity contribution in [2.24, 2.45) is 5.92 Å². The summed E-state index contributed by atoms with van der Waals surface area (Å²) in [6.45, 7) is 1.80. The molecule has 0 spiro atoms. The quantitative estimate of drug-likeness (QED) is 0.687. The number of aliphatic hydroxyl groups excluding tert-OH is 1. The molecule has 2 fully saturated rings. The second-order valence-electron chi connectivity index (χ2n) is 5.93. The van der Waals surface area contributed by atoms with Crippen molar-refractivity contribution in [1.29, 1.82) is 0 Å². The number of hydrogen-bond donors (Lipinski definition) is 3. The van der Waals surface area contributed by atoms with Crippen LogP contribution in [0.5, 0.6) is 0 Å². The van der Waals surface area contributed by atoms with Crippen LogP contribution in [0.4, 0.5) is 4.79 Å². The molecule has 2 atom stereocenters. The van der Waals surface area contributed by atoms with Gasteiger partial charge >= 0.3 is 0 Å². The summed E-state index contributed by atoms with van der Waals surface area (Å²) in [7, 11) is 0. The van der Waals surface area contributed by atoms with Crippen LogP contribution in [-0.4, -0.2) is 58.6 Å². The Morgan fingerprint density at radius 1 is 1.36 bits per heavy atom. The number of nitrogens with one attached hydrogen (secondary N) is 2. The molecule has 136 valence electrons. The third-order valence-corrected chi connectivity index (χ3v) is 5.06. The number of rotatable bonds is 5. The van der Waals surface area contributed by atoms with E-state index in [0.29, 0.717) is 25.2 Å². The summed E-state index contributed by atoms with van der Waals surface area (Å²) in [4.78, 5) is 36.8.